The predicted octanol–water partition coefficient (Wildman–Crippen LogP) is 3.83. The van der Waals surface area contributed by atoms with E-state index in [1.807, 2.05) is 0 Å². The zero-order valence-corrected chi connectivity index (χ0v) is 17.9. The summed E-state index contributed by atoms with van der Waals surface area (Å²) < 4.78 is 15.0. The van der Waals surface area contributed by atoms with E-state index in [-0.39, 0.29) is 24.0 Å². The number of thioether (sulfide) groups is 1. The van der Waals surface area contributed by atoms with Gasteiger partial charge in [0, 0.05) is 23.4 Å². The summed E-state index contributed by atoms with van der Waals surface area (Å²) >= 11 is 7.01. The monoisotopic (exact) mass is 447 g/mol. The Morgan fingerprint density at radius 2 is 1.83 bits per heavy atom. The molecule has 156 valence electrons. The molecule has 0 unspecified atom stereocenters. The molecule has 0 aliphatic heterocycles. The number of aryl methyl sites for hydroxylation is 1. The number of hydrogen-bond acceptors (Lipinski definition) is 5. The molecule has 2 aromatic carbocycles. The van der Waals surface area contributed by atoms with Crippen molar-refractivity contribution in [3.05, 3.63) is 64.7 Å². The number of anilines is 2. The first-order chi connectivity index (χ1) is 14.3. The molecule has 0 aliphatic rings. The first-order valence-corrected chi connectivity index (χ1v) is 10.3. The predicted molar refractivity (Wildman–Crippen MR) is 115 cm³/mol. The molecule has 0 aliphatic carbocycles. The lowest BCUT2D eigenvalue weighted by atomic mass is 10.2. The zero-order chi connectivity index (χ0) is 21.7. The summed E-state index contributed by atoms with van der Waals surface area (Å²) in [5.41, 5.74) is 1.82. The number of amides is 2. The first kappa shape index (κ1) is 21.8. The number of rotatable bonds is 7. The molecular formula is C20H19ClFN5O2S. The topological polar surface area (TPSA) is 88.9 Å². The van der Waals surface area contributed by atoms with E-state index in [0.717, 1.165) is 5.56 Å². The van der Waals surface area contributed by atoms with Gasteiger partial charge in [-0.2, -0.15) is 0 Å². The molecule has 0 saturated heterocycles. The Bertz CT molecular complexity index is 1070. The highest BCUT2D eigenvalue weighted by atomic mass is 35.5. The Morgan fingerprint density at radius 3 is 2.57 bits per heavy atom. The number of carbonyl (C=O) groups excluding carboxylic acids is 2. The summed E-state index contributed by atoms with van der Waals surface area (Å²) in [6.07, 6.45) is 0.0291. The second-order valence-corrected chi connectivity index (χ2v) is 7.86. The fourth-order valence-electron chi connectivity index (χ4n) is 2.55. The van der Waals surface area contributed by atoms with E-state index in [2.05, 4.69) is 20.8 Å². The van der Waals surface area contributed by atoms with Gasteiger partial charge in [-0.05, 0) is 48.9 Å². The van der Waals surface area contributed by atoms with E-state index < -0.39 is 5.82 Å². The van der Waals surface area contributed by atoms with Crippen LogP contribution in [0.3, 0.4) is 0 Å². The molecule has 0 saturated carbocycles. The maximum atomic E-state index is 13.3. The van der Waals surface area contributed by atoms with Crippen LogP contribution in [0.2, 0.25) is 5.02 Å². The van der Waals surface area contributed by atoms with Gasteiger partial charge in [-0.15, -0.1) is 10.2 Å². The molecule has 0 spiro atoms. The van der Waals surface area contributed by atoms with Crippen LogP contribution in [-0.4, -0.2) is 32.3 Å². The third-order valence-electron chi connectivity index (χ3n) is 4.18. The number of halogens is 2. The summed E-state index contributed by atoms with van der Waals surface area (Å²) in [5, 5.41) is 14.6. The summed E-state index contributed by atoms with van der Waals surface area (Å²) in [4.78, 5) is 24.4. The molecule has 30 heavy (non-hydrogen) atoms. The lowest BCUT2D eigenvalue weighted by Crippen LogP contribution is -2.17. The molecule has 2 N–H and O–H groups in total. The molecule has 1 aromatic heterocycles. The molecule has 2 amide bonds. The Kier molecular flexibility index (Phi) is 7.07. The highest BCUT2D eigenvalue weighted by Crippen LogP contribution is 2.19. The second kappa shape index (κ2) is 9.73. The van der Waals surface area contributed by atoms with E-state index >= 15 is 0 Å². The zero-order valence-electron chi connectivity index (χ0n) is 16.3. The molecule has 0 atom stereocenters. The largest absolute Gasteiger partial charge is 0.326 e. The van der Waals surface area contributed by atoms with Crippen molar-refractivity contribution in [1.29, 1.82) is 0 Å². The molecule has 1 heterocycles. The van der Waals surface area contributed by atoms with Crippen LogP contribution in [0.15, 0.2) is 47.6 Å². The van der Waals surface area contributed by atoms with Gasteiger partial charge in [0.15, 0.2) is 5.16 Å². The maximum absolute atomic E-state index is 13.3. The van der Waals surface area contributed by atoms with E-state index in [4.69, 9.17) is 11.6 Å². The SMILES string of the molecule is Cc1ccc(F)cc1NC(=O)CSc1nnc(CC(=O)Nc2ccc(Cl)cc2)n1C. The van der Waals surface area contributed by atoms with Gasteiger partial charge in [0.05, 0.1) is 12.2 Å². The van der Waals surface area contributed by atoms with E-state index in [9.17, 15) is 14.0 Å². The normalized spacial score (nSPS) is 10.7. The van der Waals surface area contributed by atoms with Crippen molar-refractivity contribution in [2.45, 2.75) is 18.5 Å². The maximum Gasteiger partial charge on any atom is 0.234 e. The molecule has 7 nitrogen and oxygen atoms in total. The standard InChI is InChI=1S/C20H19ClFN5O2S/c1-12-3-6-14(22)9-16(12)24-19(29)11-30-20-26-25-17(27(20)2)10-18(28)23-15-7-4-13(21)5-8-15/h3-9H,10-11H2,1-2H3,(H,23,28)(H,24,29). The van der Waals surface area contributed by atoms with Gasteiger partial charge in [-0.25, -0.2) is 4.39 Å². The van der Waals surface area contributed by atoms with Crippen LogP contribution in [-0.2, 0) is 23.1 Å². The number of benzene rings is 2. The number of carbonyl (C=O) groups is 2. The van der Waals surface area contributed by atoms with Gasteiger partial charge in [-0.1, -0.05) is 29.4 Å². The number of aromatic nitrogens is 3. The minimum atomic E-state index is -0.418. The minimum absolute atomic E-state index is 0.0291. The Labute approximate surface area is 182 Å². The van der Waals surface area contributed by atoms with E-state index in [1.165, 1.54) is 23.9 Å². The second-order valence-electron chi connectivity index (χ2n) is 6.49. The van der Waals surface area contributed by atoms with Gasteiger partial charge in [-0.3, -0.25) is 9.59 Å². The third kappa shape index (κ3) is 5.80. The fourth-order valence-corrected chi connectivity index (χ4v) is 3.41. The van der Waals surface area contributed by atoms with Crippen LogP contribution in [0.5, 0.6) is 0 Å². The van der Waals surface area contributed by atoms with Crippen molar-refractivity contribution in [3.63, 3.8) is 0 Å². The summed E-state index contributed by atoms with van der Waals surface area (Å²) in [6, 6.07) is 11.0. The van der Waals surface area contributed by atoms with Gasteiger partial charge < -0.3 is 15.2 Å². The molecule has 0 bridgehead atoms. The van der Waals surface area contributed by atoms with Crippen LogP contribution in [0.25, 0.3) is 0 Å². The van der Waals surface area contributed by atoms with Crippen molar-refractivity contribution in [3.8, 4) is 0 Å². The molecule has 0 fully saturated rings. The van der Waals surface area contributed by atoms with Crippen LogP contribution in [0.1, 0.15) is 11.4 Å². The minimum Gasteiger partial charge on any atom is -0.326 e. The van der Waals surface area contributed by atoms with E-state index in [0.29, 0.717) is 27.4 Å². The molecule has 10 heteroatoms. The van der Waals surface area contributed by atoms with Crippen LogP contribution in [0.4, 0.5) is 15.8 Å². The van der Waals surface area contributed by atoms with Crippen LogP contribution >= 0.6 is 23.4 Å². The van der Waals surface area contributed by atoms with Crippen molar-refractivity contribution in [2.24, 2.45) is 7.05 Å². The third-order valence-corrected chi connectivity index (χ3v) is 5.45. The van der Waals surface area contributed by atoms with Crippen LogP contribution in [0, 0.1) is 12.7 Å². The summed E-state index contributed by atoms with van der Waals surface area (Å²) in [7, 11) is 1.72. The first-order valence-electron chi connectivity index (χ1n) is 8.94. The fraction of sp³-hybridized carbons (Fsp3) is 0.200. The lowest BCUT2D eigenvalue weighted by Gasteiger charge is -2.08. The number of hydrogen-bond donors (Lipinski definition) is 2. The number of nitrogens with zero attached hydrogens (tertiary/aromatic N) is 3. The molecule has 3 rings (SSSR count). The van der Waals surface area contributed by atoms with Gasteiger partial charge in [0.1, 0.15) is 11.6 Å². The highest BCUT2D eigenvalue weighted by molar-refractivity contribution is 7.99. The van der Waals surface area contributed by atoms with Gasteiger partial charge in [0.25, 0.3) is 0 Å². The van der Waals surface area contributed by atoms with Gasteiger partial charge in [0.2, 0.25) is 11.8 Å². The number of nitrogens with one attached hydrogen (secondary N) is 2. The van der Waals surface area contributed by atoms with Crippen molar-refractivity contribution in [2.75, 3.05) is 16.4 Å². The average molecular weight is 448 g/mol. The lowest BCUT2D eigenvalue weighted by molar-refractivity contribution is -0.116. The average Bonchev–Trinajstić information content (AvgIpc) is 3.04. The van der Waals surface area contributed by atoms with Crippen LogP contribution < -0.4 is 10.6 Å². The Balaban J connectivity index is 1.54. The molecule has 0 radical (unpaired) electrons. The van der Waals surface area contributed by atoms with Crippen molar-refractivity contribution >= 4 is 46.6 Å². The Morgan fingerprint density at radius 1 is 1.10 bits per heavy atom. The summed E-state index contributed by atoms with van der Waals surface area (Å²) in [5.74, 6) is -0.426. The Hall–Kier alpha value is -2.91. The quantitative estimate of drug-likeness (QED) is 0.537. The smallest absolute Gasteiger partial charge is 0.234 e. The van der Waals surface area contributed by atoms with Crippen molar-refractivity contribution < 1.29 is 14.0 Å². The van der Waals surface area contributed by atoms with Crippen molar-refractivity contribution in [1.82, 2.24) is 14.8 Å². The molecule has 3 aromatic rings. The molecular weight excluding hydrogens is 429 g/mol. The van der Waals surface area contributed by atoms with E-state index in [1.54, 1.807) is 48.9 Å². The highest BCUT2D eigenvalue weighted by Gasteiger charge is 2.15. The van der Waals surface area contributed by atoms with Gasteiger partial charge >= 0.3 is 0 Å². The summed E-state index contributed by atoms with van der Waals surface area (Å²) in [6.45, 7) is 1.78.